The Morgan fingerprint density at radius 1 is 1.21 bits per heavy atom. The Bertz CT molecular complexity index is 607. The molecule has 0 amide bonds. The van der Waals surface area contributed by atoms with E-state index in [-0.39, 0.29) is 0 Å². The molecule has 2 aliphatic heterocycles. The Balaban J connectivity index is 1.39. The topological polar surface area (TPSA) is 69.1 Å². The van der Waals surface area contributed by atoms with E-state index in [2.05, 4.69) is 41.3 Å². The van der Waals surface area contributed by atoms with E-state index in [1.807, 2.05) is 7.05 Å². The van der Waals surface area contributed by atoms with Gasteiger partial charge in [-0.25, -0.2) is 4.98 Å². The number of anilines is 1. The van der Waals surface area contributed by atoms with Crippen LogP contribution in [0.2, 0.25) is 0 Å². The second kappa shape index (κ2) is 10.9. The first-order valence-electron chi connectivity index (χ1n) is 10.5. The van der Waals surface area contributed by atoms with Crippen molar-refractivity contribution in [1.82, 2.24) is 24.5 Å². The van der Waals surface area contributed by atoms with Gasteiger partial charge < -0.3 is 24.8 Å². The number of likely N-dealkylation sites (tertiary alicyclic amines) is 1. The number of hydrogen-bond donors (Lipinski definition) is 1. The van der Waals surface area contributed by atoms with Crippen LogP contribution in [0.25, 0.3) is 0 Å². The highest BCUT2D eigenvalue weighted by Crippen LogP contribution is 2.20. The van der Waals surface area contributed by atoms with E-state index < -0.39 is 0 Å². The minimum atomic E-state index is 0.727. The van der Waals surface area contributed by atoms with Gasteiger partial charge in [-0.05, 0) is 31.8 Å². The number of ether oxygens (including phenoxy) is 1. The van der Waals surface area contributed by atoms with Crippen molar-refractivity contribution in [3.05, 3.63) is 5.82 Å². The number of piperazine rings is 1. The minimum Gasteiger partial charge on any atom is -0.383 e. The molecule has 0 aromatic carbocycles. The van der Waals surface area contributed by atoms with Crippen molar-refractivity contribution in [3.8, 4) is 0 Å². The van der Waals surface area contributed by atoms with Gasteiger partial charge in [0, 0.05) is 71.4 Å². The lowest BCUT2D eigenvalue weighted by Crippen LogP contribution is -2.53. The summed E-state index contributed by atoms with van der Waals surface area (Å²) in [5.74, 6) is 2.71. The molecule has 0 aliphatic carbocycles. The quantitative estimate of drug-likeness (QED) is 0.535. The molecule has 1 aromatic heterocycles. The number of guanidine groups is 1. The summed E-state index contributed by atoms with van der Waals surface area (Å²) < 4.78 is 9.60. The maximum atomic E-state index is 5.19. The average molecular weight is 410 g/mol. The normalized spacial score (nSPS) is 20.0. The molecule has 1 N–H and O–H groups in total. The third-order valence-corrected chi connectivity index (χ3v) is 6.52. The molecular weight excluding hydrogens is 374 g/mol. The van der Waals surface area contributed by atoms with Crippen LogP contribution in [0.4, 0.5) is 5.13 Å². The fourth-order valence-electron chi connectivity index (χ4n) is 3.83. The van der Waals surface area contributed by atoms with Gasteiger partial charge in [0.05, 0.1) is 6.61 Å². The molecule has 0 spiro atoms. The maximum absolute atomic E-state index is 5.19. The van der Waals surface area contributed by atoms with Gasteiger partial charge in [-0.3, -0.25) is 4.99 Å². The van der Waals surface area contributed by atoms with Crippen LogP contribution in [0.3, 0.4) is 0 Å². The van der Waals surface area contributed by atoms with Gasteiger partial charge in [0.25, 0.3) is 0 Å². The number of rotatable bonds is 7. The van der Waals surface area contributed by atoms with E-state index in [1.54, 1.807) is 7.11 Å². The molecule has 28 heavy (non-hydrogen) atoms. The van der Waals surface area contributed by atoms with E-state index >= 15 is 0 Å². The Kier molecular flexibility index (Phi) is 8.29. The van der Waals surface area contributed by atoms with Gasteiger partial charge in [-0.2, -0.15) is 4.37 Å². The standard InChI is InChI=1S/C19H35N7OS/c1-4-17-22-19(28-23-17)26-11-9-25(10-12-26)18(20-2)21-15-16-5-7-24(8-6-16)13-14-27-3/h16H,4-15H2,1-3H3,(H,20,21). The summed E-state index contributed by atoms with van der Waals surface area (Å²) in [7, 11) is 3.67. The fraction of sp³-hybridized carbons (Fsp3) is 0.842. The first kappa shape index (κ1) is 21.3. The van der Waals surface area contributed by atoms with E-state index in [0.29, 0.717) is 0 Å². The van der Waals surface area contributed by atoms with Crippen molar-refractivity contribution in [2.45, 2.75) is 26.2 Å². The van der Waals surface area contributed by atoms with Crippen molar-refractivity contribution in [1.29, 1.82) is 0 Å². The molecule has 0 saturated carbocycles. The van der Waals surface area contributed by atoms with Crippen LogP contribution in [-0.2, 0) is 11.2 Å². The first-order valence-corrected chi connectivity index (χ1v) is 11.2. The molecule has 2 fully saturated rings. The van der Waals surface area contributed by atoms with Crippen LogP contribution < -0.4 is 10.2 Å². The SMILES string of the molecule is CCc1nsc(N2CCN(C(=NC)NCC3CCN(CCOC)CC3)CC2)n1. The summed E-state index contributed by atoms with van der Waals surface area (Å²) in [4.78, 5) is 16.4. The second-order valence-corrected chi connectivity index (χ2v) is 8.26. The number of aryl methyl sites for hydroxylation is 1. The predicted octanol–water partition coefficient (Wildman–Crippen LogP) is 1.16. The van der Waals surface area contributed by atoms with Crippen LogP contribution >= 0.6 is 11.5 Å². The molecule has 9 heteroatoms. The average Bonchev–Trinajstić information content (AvgIpc) is 3.23. The molecule has 3 rings (SSSR count). The number of methoxy groups -OCH3 is 1. The smallest absolute Gasteiger partial charge is 0.205 e. The highest BCUT2D eigenvalue weighted by Gasteiger charge is 2.23. The van der Waals surface area contributed by atoms with E-state index in [0.717, 1.165) is 75.1 Å². The van der Waals surface area contributed by atoms with Crippen LogP contribution in [0, 0.1) is 5.92 Å². The van der Waals surface area contributed by atoms with Crippen molar-refractivity contribution in [2.24, 2.45) is 10.9 Å². The van der Waals surface area contributed by atoms with Gasteiger partial charge in [-0.15, -0.1) is 0 Å². The van der Waals surface area contributed by atoms with E-state index in [1.165, 1.54) is 37.5 Å². The first-order chi connectivity index (χ1) is 13.7. The molecule has 0 atom stereocenters. The number of piperidine rings is 1. The summed E-state index contributed by atoms with van der Waals surface area (Å²) in [6.45, 7) is 11.2. The zero-order chi connectivity index (χ0) is 19.8. The monoisotopic (exact) mass is 409 g/mol. The molecule has 0 radical (unpaired) electrons. The molecule has 0 unspecified atom stereocenters. The molecule has 2 aliphatic rings. The van der Waals surface area contributed by atoms with Crippen molar-refractivity contribution < 1.29 is 4.74 Å². The Morgan fingerprint density at radius 2 is 1.96 bits per heavy atom. The lowest BCUT2D eigenvalue weighted by molar-refractivity contribution is 0.120. The molecule has 3 heterocycles. The molecule has 8 nitrogen and oxygen atoms in total. The van der Waals surface area contributed by atoms with Gasteiger partial charge >= 0.3 is 0 Å². The summed E-state index contributed by atoms with van der Waals surface area (Å²) in [6.07, 6.45) is 3.40. The minimum absolute atomic E-state index is 0.727. The van der Waals surface area contributed by atoms with Gasteiger partial charge in [0.15, 0.2) is 5.96 Å². The third kappa shape index (κ3) is 5.78. The van der Waals surface area contributed by atoms with Crippen LogP contribution in [0.1, 0.15) is 25.6 Å². The predicted molar refractivity (Wildman–Crippen MR) is 115 cm³/mol. The number of nitrogens with one attached hydrogen (secondary N) is 1. The Hall–Kier alpha value is -1.45. The van der Waals surface area contributed by atoms with Gasteiger partial charge in [-0.1, -0.05) is 6.92 Å². The summed E-state index contributed by atoms with van der Waals surface area (Å²) in [6, 6.07) is 0. The van der Waals surface area contributed by atoms with Crippen molar-refractivity contribution in [3.63, 3.8) is 0 Å². The molecule has 2 saturated heterocycles. The van der Waals surface area contributed by atoms with Gasteiger partial charge in [0.1, 0.15) is 5.82 Å². The van der Waals surface area contributed by atoms with Crippen LogP contribution in [-0.4, -0.2) is 98.2 Å². The zero-order valence-corrected chi connectivity index (χ0v) is 18.4. The molecule has 1 aromatic rings. The number of aliphatic imine (C=N–C) groups is 1. The van der Waals surface area contributed by atoms with Crippen LogP contribution in [0.15, 0.2) is 4.99 Å². The fourth-order valence-corrected chi connectivity index (χ4v) is 4.63. The molecule has 158 valence electrons. The largest absolute Gasteiger partial charge is 0.383 e. The number of aromatic nitrogens is 2. The zero-order valence-electron chi connectivity index (χ0n) is 17.6. The van der Waals surface area contributed by atoms with E-state index in [9.17, 15) is 0 Å². The maximum Gasteiger partial charge on any atom is 0.205 e. The lowest BCUT2D eigenvalue weighted by atomic mass is 9.97. The second-order valence-electron chi connectivity index (χ2n) is 7.53. The Labute approximate surface area is 173 Å². The van der Waals surface area contributed by atoms with Crippen molar-refractivity contribution in [2.75, 3.05) is 78.0 Å². The highest BCUT2D eigenvalue weighted by molar-refractivity contribution is 7.09. The Morgan fingerprint density at radius 3 is 2.57 bits per heavy atom. The summed E-state index contributed by atoms with van der Waals surface area (Å²) in [5.41, 5.74) is 0. The summed E-state index contributed by atoms with van der Waals surface area (Å²) >= 11 is 1.52. The summed E-state index contributed by atoms with van der Waals surface area (Å²) in [5, 5.41) is 4.68. The molecule has 0 bridgehead atoms. The third-order valence-electron chi connectivity index (χ3n) is 5.70. The van der Waals surface area contributed by atoms with Crippen LogP contribution in [0.5, 0.6) is 0 Å². The van der Waals surface area contributed by atoms with Crippen molar-refractivity contribution >= 4 is 22.6 Å². The number of nitrogens with zero attached hydrogens (tertiary/aromatic N) is 6. The number of hydrogen-bond acceptors (Lipinski definition) is 7. The highest BCUT2D eigenvalue weighted by atomic mass is 32.1. The molecular formula is C19H35N7OS. The van der Waals surface area contributed by atoms with E-state index in [4.69, 9.17) is 4.74 Å². The lowest BCUT2D eigenvalue weighted by Gasteiger charge is -2.37. The van der Waals surface area contributed by atoms with Gasteiger partial charge in [0.2, 0.25) is 5.13 Å².